The monoisotopic (exact) mass is 231 g/mol. The van der Waals surface area contributed by atoms with Crippen LogP contribution in [0.15, 0.2) is 24.3 Å². The third-order valence-electron chi connectivity index (χ3n) is 4.01. The van der Waals surface area contributed by atoms with Gasteiger partial charge in [0.15, 0.2) is 0 Å². The van der Waals surface area contributed by atoms with Gasteiger partial charge in [-0.25, -0.2) is 0 Å². The number of hydrogen-bond donors (Lipinski definition) is 1. The van der Waals surface area contributed by atoms with E-state index in [0.29, 0.717) is 12.0 Å². The highest BCUT2D eigenvalue weighted by molar-refractivity contribution is 5.25. The summed E-state index contributed by atoms with van der Waals surface area (Å²) in [7, 11) is 0. The Balaban J connectivity index is 1.84. The van der Waals surface area contributed by atoms with Crippen LogP contribution < -0.4 is 5.73 Å². The minimum atomic E-state index is 0.352. The van der Waals surface area contributed by atoms with Crippen molar-refractivity contribution in [3.05, 3.63) is 35.4 Å². The van der Waals surface area contributed by atoms with Crippen LogP contribution in [0.3, 0.4) is 0 Å². The van der Waals surface area contributed by atoms with Crippen molar-refractivity contribution >= 4 is 0 Å². The van der Waals surface area contributed by atoms with E-state index < -0.39 is 0 Å². The van der Waals surface area contributed by atoms with Crippen molar-refractivity contribution in [1.29, 1.82) is 0 Å². The summed E-state index contributed by atoms with van der Waals surface area (Å²) in [6.45, 7) is 4.47. The normalized spacial score (nSPS) is 18.1. The van der Waals surface area contributed by atoms with Crippen molar-refractivity contribution in [3.8, 4) is 0 Å². The molecular weight excluding hydrogens is 206 g/mol. The standard InChI is InChI=1S/C16H25N/c1-12(2)15-8-6-14(7-9-15)11-16(17)10-13-4-3-5-13/h6-9,12-13,16H,3-5,10-11,17H2,1-2H3. The summed E-state index contributed by atoms with van der Waals surface area (Å²) in [5.41, 5.74) is 9.02. The van der Waals surface area contributed by atoms with Crippen molar-refractivity contribution in [2.24, 2.45) is 11.7 Å². The van der Waals surface area contributed by atoms with Crippen LogP contribution in [0.25, 0.3) is 0 Å². The van der Waals surface area contributed by atoms with Gasteiger partial charge in [-0.2, -0.15) is 0 Å². The Kier molecular flexibility index (Phi) is 4.22. The molecule has 1 nitrogen and oxygen atoms in total. The van der Waals surface area contributed by atoms with Crippen molar-refractivity contribution < 1.29 is 0 Å². The van der Waals surface area contributed by atoms with Crippen LogP contribution in [0.5, 0.6) is 0 Å². The zero-order chi connectivity index (χ0) is 12.3. The van der Waals surface area contributed by atoms with E-state index in [-0.39, 0.29) is 0 Å². The molecule has 1 aromatic rings. The van der Waals surface area contributed by atoms with E-state index in [9.17, 15) is 0 Å². The Morgan fingerprint density at radius 1 is 1.18 bits per heavy atom. The summed E-state index contributed by atoms with van der Waals surface area (Å²) >= 11 is 0. The van der Waals surface area contributed by atoms with Gasteiger partial charge >= 0.3 is 0 Å². The molecule has 1 atom stereocenters. The number of rotatable bonds is 5. The third kappa shape index (κ3) is 3.57. The molecule has 1 aliphatic rings. The van der Waals surface area contributed by atoms with Gasteiger partial charge in [0.2, 0.25) is 0 Å². The molecule has 2 N–H and O–H groups in total. The van der Waals surface area contributed by atoms with Gasteiger partial charge in [-0.15, -0.1) is 0 Å². The van der Waals surface area contributed by atoms with Crippen LogP contribution in [-0.4, -0.2) is 6.04 Å². The lowest BCUT2D eigenvalue weighted by atomic mass is 9.80. The van der Waals surface area contributed by atoms with Gasteiger partial charge < -0.3 is 5.73 Å². The molecule has 2 rings (SSSR count). The molecule has 1 aromatic carbocycles. The molecular formula is C16H25N. The first-order valence-corrected chi connectivity index (χ1v) is 6.99. The van der Waals surface area contributed by atoms with Gasteiger partial charge in [0.25, 0.3) is 0 Å². The molecule has 0 saturated heterocycles. The van der Waals surface area contributed by atoms with Crippen LogP contribution >= 0.6 is 0 Å². The second-order valence-corrected chi connectivity index (χ2v) is 5.89. The molecule has 94 valence electrons. The molecule has 1 fully saturated rings. The summed E-state index contributed by atoms with van der Waals surface area (Å²) in [6.07, 6.45) is 6.47. The first-order valence-electron chi connectivity index (χ1n) is 6.99. The summed E-state index contributed by atoms with van der Waals surface area (Å²) in [6, 6.07) is 9.34. The topological polar surface area (TPSA) is 26.0 Å². The highest BCUT2D eigenvalue weighted by Gasteiger charge is 2.20. The molecule has 1 saturated carbocycles. The molecule has 1 heteroatoms. The lowest BCUT2D eigenvalue weighted by Gasteiger charge is -2.28. The van der Waals surface area contributed by atoms with Gasteiger partial charge in [-0.05, 0) is 35.8 Å². The van der Waals surface area contributed by atoms with Crippen molar-refractivity contribution in [2.45, 2.75) is 57.9 Å². The average Bonchev–Trinajstić information content (AvgIpc) is 2.24. The maximum Gasteiger partial charge on any atom is 0.00819 e. The Hall–Kier alpha value is -0.820. The number of nitrogens with two attached hydrogens (primary N) is 1. The Morgan fingerprint density at radius 2 is 1.82 bits per heavy atom. The molecule has 1 unspecified atom stereocenters. The second kappa shape index (κ2) is 5.68. The summed E-state index contributed by atoms with van der Waals surface area (Å²) in [5, 5.41) is 0. The first kappa shape index (κ1) is 12.6. The molecule has 0 aliphatic heterocycles. The minimum Gasteiger partial charge on any atom is -0.327 e. The highest BCUT2D eigenvalue weighted by atomic mass is 14.6. The molecule has 0 amide bonds. The second-order valence-electron chi connectivity index (χ2n) is 5.89. The fourth-order valence-corrected chi connectivity index (χ4v) is 2.58. The van der Waals surface area contributed by atoms with Gasteiger partial charge in [-0.1, -0.05) is 57.4 Å². The Bertz CT molecular complexity index is 335. The lowest BCUT2D eigenvalue weighted by molar-refractivity contribution is 0.275. The smallest absolute Gasteiger partial charge is 0.00819 e. The van der Waals surface area contributed by atoms with Gasteiger partial charge in [0.1, 0.15) is 0 Å². The quantitative estimate of drug-likeness (QED) is 0.818. The molecule has 0 aromatic heterocycles. The Labute approximate surface area is 105 Å². The van der Waals surface area contributed by atoms with Crippen LogP contribution in [-0.2, 0) is 6.42 Å². The average molecular weight is 231 g/mol. The largest absolute Gasteiger partial charge is 0.327 e. The minimum absolute atomic E-state index is 0.352. The van der Waals surface area contributed by atoms with Crippen LogP contribution in [0.1, 0.15) is 56.6 Å². The van der Waals surface area contributed by atoms with Crippen LogP contribution in [0, 0.1) is 5.92 Å². The Morgan fingerprint density at radius 3 is 2.29 bits per heavy atom. The van der Waals surface area contributed by atoms with E-state index in [1.54, 1.807) is 0 Å². The first-order chi connectivity index (χ1) is 8.15. The molecule has 1 aliphatic carbocycles. The van der Waals surface area contributed by atoms with E-state index in [4.69, 9.17) is 5.73 Å². The van der Waals surface area contributed by atoms with Crippen LogP contribution in [0.4, 0.5) is 0 Å². The fraction of sp³-hybridized carbons (Fsp3) is 0.625. The van der Waals surface area contributed by atoms with E-state index in [2.05, 4.69) is 38.1 Å². The molecule has 0 heterocycles. The molecule has 17 heavy (non-hydrogen) atoms. The predicted molar refractivity (Wildman–Crippen MR) is 74.2 cm³/mol. The summed E-state index contributed by atoms with van der Waals surface area (Å²) in [5.74, 6) is 1.53. The zero-order valence-corrected chi connectivity index (χ0v) is 11.2. The van der Waals surface area contributed by atoms with Gasteiger partial charge in [0, 0.05) is 6.04 Å². The van der Waals surface area contributed by atoms with Gasteiger partial charge in [-0.3, -0.25) is 0 Å². The highest BCUT2D eigenvalue weighted by Crippen LogP contribution is 2.30. The molecule has 0 radical (unpaired) electrons. The maximum atomic E-state index is 6.21. The lowest BCUT2D eigenvalue weighted by Crippen LogP contribution is -2.28. The zero-order valence-electron chi connectivity index (χ0n) is 11.2. The maximum absolute atomic E-state index is 6.21. The van der Waals surface area contributed by atoms with Crippen LogP contribution in [0.2, 0.25) is 0 Å². The number of benzene rings is 1. The van der Waals surface area contributed by atoms with E-state index in [1.165, 1.54) is 36.8 Å². The number of hydrogen-bond acceptors (Lipinski definition) is 1. The summed E-state index contributed by atoms with van der Waals surface area (Å²) < 4.78 is 0. The van der Waals surface area contributed by atoms with Crippen molar-refractivity contribution in [2.75, 3.05) is 0 Å². The molecule has 0 bridgehead atoms. The predicted octanol–water partition coefficient (Wildman–Crippen LogP) is 3.87. The van der Waals surface area contributed by atoms with Crippen molar-refractivity contribution in [1.82, 2.24) is 0 Å². The van der Waals surface area contributed by atoms with E-state index in [0.717, 1.165) is 12.3 Å². The van der Waals surface area contributed by atoms with Gasteiger partial charge in [0.05, 0.1) is 0 Å². The van der Waals surface area contributed by atoms with E-state index in [1.807, 2.05) is 0 Å². The van der Waals surface area contributed by atoms with Crippen molar-refractivity contribution in [3.63, 3.8) is 0 Å². The fourth-order valence-electron chi connectivity index (χ4n) is 2.58. The molecule has 0 spiro atoms. The third-order valence-corrected chi connectivity index (χ3v) is 4.01. The van der Waals surface area contributed by atoms with E-state index >= 15 is 0 Å². The summed E-state index contributed by atoms with van der Waals surface area (Å²) in [4.78, 5) is 0. The SMILES string of the molecule is CC(C)c1ccc(CC(N)CC2CCC2)cc1.